The van der Waals surface area contributed by atoms with Crippen molar-refractivity contribution in [1.82, 2.24) is 5.32 Å². The number of nitro benzene ring substituents is 1. The summed E-state index contributed by atoms with van der Waals surface area (Å²) >= 11 is 5.10. The Morgan fingerprint density at radius 1 is 1.23 bits per heavy atom. The Bertz CT molecular complexity index is 811. The first-order chi connectivity index (χ1) is 12.5. The van der Waals surface area contributed by atoms with E-state index in [0.29, 0.717) is 23.6 Å². The Kier molecular flexibility index (Phi) is 7.04. The second-order valence-corrected chi connectivity index (χ2v) is 5.85. The van der Waals surface area contributed by atoms with Gasteiger partial charge in [-0.15, -0.1) is 0 Å². The molecule has 1 amide bonds. The fourth-order valence-electron chi connectivity index (χ4n) is 2.10. The molecule has 0 saturated carbocycles. The van der Waals surface area contributed by atoms with Gasteiger partial charge < -0.3 is 10.1 Å². The molecule has 0 bridgehead atoms. The monoisotopic (exact) mass is 373 g/mol. The number of carbonyl (C=O) groups is 1. The number of amides is 1. The normalized spacial score (nSPS) is 10.0. The van der Waals surface area contributed by atoms with Crippen molar-refractivity contribution in [1.29, 1.82) is 0 Å². The molecule has 2 aromatic rings. The first kappa shape index (κ1) is 19.3. The van der Waals surface area contributed by atoms with Crippen molar-refractivity contribution in [3.63, 3.8) is 0 Å². The van der Waals surface area contributed by atoms with Crippen LogP contribution in [0.5, 0.6) is 5.75 Å². The van der Waals surface area contributed by atoms with Crippen LogP contribution >= 0.6 is 12.2 Å². The van der Waals surface area contributed by atoms with E-state index in [0.717, 1.165) is 12.8 Å². The molecule has 2 rings (SSSR count). The Balaban J connectivity index is 1.96. The molecule has 26 heavy (non-hydrogen) atoms. The van der Waals surface area contributed by atoms with Crippen molar-refractivity contribution in [2.75, 3.05) is 11.9 Å². The van der Waals surface area contributed by atoms with Crippen molar-refractivity contribution in [2.24, 2.45) is 0 Å². The van der Waals surface area contributed by atoms with Crippen molar-refractivity contribution < 1.29 is 14.5 Å². The number of carbonyl (C=O) groups excluding carboxylic acids is 1. The number of rotatable bonds is 7. The average Bonchev–Trinajstić information content (AvgIpc) is 2.62. The maximum Gasteiger partial charge on any atom is 0.271 e. The molecule has 0 heterocycles. The van der Waals surface area contributed by atoms with Crippen LogP contribution in [-0.4, -0.2) is 22.5 Å². The average molecular weight is 373 g/mol. The van der Waals surface area contributed by atoms with Gasteiger partial charge in [-0.1, -0.05) is 25.5 Å². The van der Waals surface area contributed by atoms with Crippen molar-refractivity contribution in [3.05, 3.63) is 64.2 Å². The quantitative estimate of drug-likeness (QED) is 0.331. The number of unbranched alkanes of at least 4 members (excludes halogenated alkanes) is 1. The summed E-state index contributed by atoms with van der Waals surface area (Å²) in [7, 11) is 0. The molecule has 2 aromatic carbocycles. The lowest BCUT2D eigenvalue weighted by Crippen LogP contribution is -2.34. The van der Waals surface area contributed by atoms with Crippen LogP contribution in [0, 0.1) is 10.1 Å². The van der Waals surface area contributed by atoms with Gasteiger partial charge in [-0.3, -0.25) is 20.2 Å². The second kappa shape index (κ2) is 9.47. The third kappa shape index (κ3) is 5.82. The van der Waals surface area contributed by atoms with Gasteiger partial charge >= 0.3 is 0 Å². The number of nitrogens with zero attached hydrogens (tertiary/aromatic N) is 1. The molecule has 0 spiro atoms. The van der Waals surface area contributed by atoms with E-state index in [9.17, 15) is 14.9 Å². The number of hydrogen-bond donors (Lipinski definition) is 2. The molecular weight excluding hydrogens is 354 g/mol. The predicted octanol–water partition coefficient (Wildman–Crippen LogP) is 3.90. The van der Waals surface area contributed by atoms with Crippen LogP contribution in [0.1, 0.15) is 30.1 Å². The molecule has 0 fully saturated rings. The van der Waals surface area contributed by atoms with Gasteiger partial charge in [-0.25, -0.2) is 0 Å². The summed E-state index contributed by atoms with van der Waals surface area (Å²) in [4.78, 5) is 22.6. The zero-order chi connectivity index (χ0) is 18.9. The third-order valence-electron chi connectivity index (χ3n) is 3.40. The van der Waals surface area contributed by atoms with E-state index in [-0.39, 0.29) is 10.8 Å². The van der Waals surface area contributed by atoms with Gasteiger partial charge in [0.25, 0.3) is 11.6 Å². The number of ether oxygens (including phenoxy) is 1. The summed E-state index contributed by atoms with van der Waals surface area (Å²) in [6.45, 7) is 2.66. The Hall–Kier alpha value is -3.00. The van der Waals surface area contributed by atoms with Gasteiger partial charge in [0.05, 0.1) is 11.5 Å². The van der Waals surface area contributed by atoms with Crippen molar-refractivity contribution in [3.8, 4) is 5.75 Å². The second-order valence-electron chi connectivity index (χ2n) is 5.45. The summed E-state index contributed by atoms with van der Waals surface area (Å²) in [5.41, 5.74) is 0.754. The molecule has 7 nitrogen and oxygen atoms in total. The number of hydrogen-bond acceptors (Lipinski definition) is 5. The molecule has 0 aliphatic heterocycles. The van der Waals surface area contributed by atoms with Crippen LogP contribution in [0.25, 0.3) is 0 Å². The van der Waals surface area contributed by atoms with Crippen LogP contribution in [0.4, 0.5) is 11.4 Å². The molecular formula is C18H19N3O4S. The summed E-state index contributed by atoms with van der Waals surface area (Å²) in [6, 6.07) is 12.7. The lowest BCUT2D eigenvalue weighted by atomic mass is 10.2. The SMILES string of the molecule is CCCCOc1cccc(C(=O)NC(=S)Nc2cccc([N+](=O)[O-])c2)c1. The molecule has 0 aromatic heterocycles. The fraction of sp³-hybridized carbons (Fsp3) is 0.222. The van der Waals surface area contributed by atoms with E-state index < -0.39 is 10.8 Å². The number of thiocarbonyl (C=S) groups is 1. The van der Waals surface area contributed by atoms with E-state index in [1.165, 1.54) is 18.2 Å². The first-order valence-electron chi connectivity index (χ1n) is 8.09. The highest BCUT2D eigenvalue weighted by atomic mass is 32.1. The van der Waals surface area contributed by atoms with Crippen LogP contribution in [0.3, 0.4) is 0 Å². The highest BCUT2D eigenvalue weighted by molar-refractivity contribution is 7.80. The molecule has 0 atom stereocenters. The van der Waals surface area contributed by atoms with Crippen LogP contribution in [0.15, 0.2) is 48.5 Å². The topological polar surface area (TPSA) is 93.5 Å². The molecule has 2 N–H and O–H groups in total. The highest BCUT2D eigenvalue weighted by Gasteiger charge is 2.11. The summed E-state index contributed by atoms with van der Waals surface area (Å²) < 4.78 is 5.58. The van der Waals surface area contributed by atoms with E-state index in [4.69, 9.17) is 17.0 Å². The number of benzene rings is 2. The number of anilines is 1. The Morgan fingerprint density at radius 2 is 2.00 bits per heavy atom. The third-order valence-corrected chi connectivity index (χ3v) is 3.61. The van der Waals surface area contributed by atoms with Gasteiger partial charge in [-0.05, 0) is 42.9 Å². The smallest absolute Gasteiger partial charge is 0.271 e. The predicted molar refractivity (Wildman–Crippen MR) is 104 cm³/mol. The van der Waals surface area contributed by atoms with E-state index in [1.807, 2.05) is 0 Å². The van der Waals surface area contributed by atoms with Gasteiger partial charge in [0, 0.05) is 23.4 Å². The summed E-state index contributed by atoms with van der Waals surface area (Å²) in [5, 5.41) is 16.1. The van der Waals surface area contributed by atoms with Gasteiger partial charge in [0.2, 0.25) is 0 Å². The maximum atomic E-state index is 12.3. The molecule has 0 saturated heterocycles. The maximum absolute atomic E-state index is 12.3. The van der Waals surface area contributed by atoms with Crippen LogP contribution in [0.2, 0.25) is 0 Å². The summed E-state index contributed by atoms with van der Waals surface area (Å²) in [5.74, 6) is 0.220. The largest absolute Gasteiger partial charge is 0.494 e. The minimum atomic E-state index is -0.503. The number of non-ortho nitro benzene ring substituents is 1. The molecule has 0 radical (unpaired) electrons. The van der Waals surface area contributed by atoms with Crippen molar-refractivity contribution >= 4 is 34.6 Å². The molecule has 8 heteroatoms. The van der Waals surface area contributed by atoms with E-state index >= 15 is 0 Å². The lowest BCUT2D eigenvalue weighted by molar-refractivity contribution is -0.384. The molecule has 0 aliphatic carbocycles. The molecule has 0 aliphatic rings. The first-order valence-corrected chi connectivity index (χ1v) is 8.50. The fourth-order valence-corrected chi connectivity index (χ4v) is 2.31. The Labute approximate surface area is 156 Å². The lowest BCUT2D eigenvalue weighted by Gasteiger charge is -2.10. The van der Waals surface area contributed by atoms with E-state index in [2.05, 4.69) is 17.6 Å². The zero-order valence-electron chi connectivity index (χ0n) is 14.2. The minimum absolute atomic E-state index is 0.0489. The van der Waals surface area contributed by atoms with Crippen LogP contribution < -0.4 is 15.4 Å². The van der Waals surface area contributed by atoms with Gasteiger partial charge in [0.15, 0.2) is 5.11 Å². The molecule has 136 valence electrons. The van der Waals surface area contributed by atoms with E-state index in [1.54, 1.807) is 30.3 Å². The zero-order valence-corrected chi connectivity index (χ0v) is 15.0. The van der Waals surface area contributed by atoms with Crippen molar-refractivity contribution in [2.45, 2.75) is 19.8 Å². The number of nitro groups is 1. The van der Waals surface area contributed by atoms with Gasteiger partial charge in [-0.2, -0.15) is 0 Å². The highest BCUT2D eigenvalue weighted by Crippen LogP contribution is 2.17. The Morgan fingerprint density at radius 3 is 2.73 bits per heavy atom. The van der Waals surface area contributed by atoms with Crippen LogP contribution in [-0.2, 0) is 0 Å². The standard InChI is InChI=1S/C18H19N3O4S/c1-2-3-10-25-16-9-4-6-13(11-16)17(22)20-18(26)19-14-7-5-8-15(12-14)21(23)24/h4-9,11-12H,2-3,10H2,1H3,(H2,19,20,22,26). The molecule has 0 unspecified atom stereocenters. The minimum Gasteiger partial charge on any atom is -0.494 e. The number of nitrogens with one attached hydrogen (secondary N) is 2. The van der Waals surface area contributed by atoms with Gasteiger partial charge in [0.1, 0.15) is 5.75 Å². The summed E-state index contributed by atoms with van der Waals surface area (Å²) in [6.07, 6.45) is 1.96.